The Morgan fingerprint density at radius 1 is 0.329 bits per heavy atom. The lowest BCUT2D eigenvalue weighted by molar-refractivity contribution is -0.0823. The Balaban J connectivity index is 5.65. The van der Waals surface area contributed by atoms with Crippen LogP contribution in [0.1, 0.15) is 44.9 Å². The number of phosphoric acid groups is 5. The number of aliphatic hydroxyl groups is 3. The molecule has 0 aliphatic heterocycles. The zero-order valence-electron chi connectivity index (χ0n) is 47.6. The first kappa shape index (κ1) is 85.6. The van der Waals surface area contributed by atoms with Gasteiger partial charge in [-0.25, -0.2) is 25.7 Å². The van der Waals surface area contributed by atoms with Crippen LogP contribution in [0, 0.1) is 5.41 Å². The minimum absolute atomic E-state index is 0.0188. The van der Waals surface area contributed by atoms with E-state index in [-0.39, 0.29) is 224 Å². The summed E-state index contributed by atoms with van der Waals surface area (Å²) in [5.41, 5.74) is 14.6. The van der Waals surface area contributed by atoms with E-state index < -0.39 is 89.3 Å². The van der Waals surface area contributed by atoms with Crippen molar-refractivity contribution < 1.29 is 158 Å². The van der Waals surface area contributed by atoms with Crippen LogP contribution < -0.4 is 17.2 Å². The maximum atomic E-state index is 13.0. The average Bonchev–Trinajstić information content (AvgIpc) is 3.46. The third-order valence-electron chi connectivity index (χ3n) is 10.3. The standard InChI is InChI=1S/C42H93IN3O34P5/c43-80-85(58,59)76-29-27-64-25-23-62-21-19-60-18-20-61-22-24-63-26-28-75-81(50,51)74-17-7-42(33-65-8-1-11-71-82(52,53)77-39(30-47)4-14-68-36-44,34-66-9-2-12-72-83(54,55)78-40(31-48)5-15-69-37-45)35-67-10-3-13-73-84(56,57)79-41(32-49)6-16-70-38-46/h39-41,47-49H,1-38,44-46H2,(H,50,51)(H,52,53)(H,54,55)(H,56,57)(H,58,59). The lowest BCUT2D eigenvalue weighted by atomic mass is 9.87. The molecule has 0 fully saturated rings. The Morgan fingerprint density at radius 3 is 0.882 bits per heavy atom. The second-order valence-electron chi connectivity index (χ2n) is 17.3. The summed E-state index contributed by atoms with van der Waals surface area (Å²) in [6, 6.07) is 0. The van der Waals surface area contributed by atoms with Crippen molar-refractivity contribution in [2.45, 2.75) is 63.3 Å². The molecule has 0 spiro atoms. The molecular weight excluding hydrogens is 1370 g/mol. The van der Waals surface area contributed by atoms with Crippen molar-refractivity contribution in [2.24, 2.45) is 22.6 Å². The average molecular weight is 1470 g/mol. The van der Waals surface area contributed by atoms with Gasteiger partial charge in [-0.3, -0.25) is 40.7 Å². The second kappa shape index (κ2) is 54.0. The van der Waals surface area contributed by atoms with E-state index in [9.17, 15) is 57.7 Å². The van der Waals surface area contributed by atoms with Gasteiger partial charge in [-0.2, -0.15) is 0 Å². The lowest BCUT2D eigenvalue weighted by Gasteiger charge is -2.33. The van der Waals surface area contributed by atoms with Gasteiger partial charge in [-0.15, -0.1) is 0 Å². The van der Waals surface area contributed by atoms with Crippen molar-refractivity contribution in [1.82, 2.24) is 0 Å². The van der Waals surface area contributed by atoms with Crippen molar-refractivity contribution in [2.75, 3.05) is 205 Å². The second-order valence-corrected chi connectivity index (χ2v) is 25.4. The molecule has 0 radical (unpaired) electrons. The molecule has 0 rings (SSSR count). The quantitative estimate of drug-likeness (QED) is 0.0173. The summed E-state index contributed by atoms with van der Waals surface area (Å²) in [6.45, 7) is -3.28. The smallest absolute Gasteiger partial charge is 0.394 e. The molecule has 0 saturated carbocycles. The molecule has 512 valence electrons. The number of halogens is 1. The topological polar surface area (TPSA) is 519 Å². The highest BCUT2D eigenvalue weighted by molar-refractivity contribution is 14.1. The maximum absolute atomic E-state index is 13.0. The Labute approximate surface area is 509 Å². The number of rotatable bonds is 67. The summed E-state index contributed by atoms with van der Waals surface area (Å²) >= 11 is 1.27. The summed E-state index contributed by atoms with van der Waals surface area (Å²) < 4.78 is 171. The van der Waals surface area contributed by atoms with Gasteiger partial charge in [0.05, 0.1) is 204 Å². The normalized spacial score (nSPS) is 17.6. The molecule has 0 saturated heterocycles. The molecule has 0 aromatic rings. The van der Waals surface area contributed by atoms with Crippen molar-refractivity contribution >= 4 is 62.1 Å². The van der Waals surface area contributed by atoms with Gasteiger partial charge >= 0.3 is 39.1 Å². The predicted molar refractivity (Wildman–Crippen MR) is 302 cm³/mol. The first-order valence-electron chi connectivity index (χ1n) is 26.7. The molecular formula is C42H93IN3O34P5. The van der Waals surface area contributed by atoms with Crippen LogP contribution in [0.25, 0.3) is 0 Å². The first-order valence-corrected chi connectivity index (χ1v) is 35.1. The van der Waals surface area contributed by atoms with Crippen LogP contribution in [-0.2, 0) is 118 Å². The number of hydrogen-bond donors (Lipinski definition) is 11. The maximum Gasteiger partial charge on any atom is 0.481 e. The van der Waals surface area contributed by atoms with Gasteiger partial charge in [-0.1, -0.05) is 0 Å². The lowest BCUT2D eigenvalue weighted by Crippen LogP contribution is -2.39. The Kier molecular flexibility index (Phi) is 54.4. The molecule has 43 heteroatoms. The number of nitrogens with two attached hydrogens (primary N) is 3. The highest BCUT2D eigenvalue weighted by Crippen LogP contribution is 2.48. The first-order chi connectivity index (χ1) is 40.6. The molecule has 8 atom stereocenters. The highest BCUT2D eigenvalue weighted by atomic mass is 127. The van der Waals surface area contributed by atoms with Crippen LogP contribution in [0.4, 0.5) is 0 Å². The number of ether oxygens (including phenoxy) is 11. The van der Waals surface area contributed by atoms with Crippen molar-refractivity contribution in [3.63, 3.8) is 0 Å². The molecule has 0 bridgehead atoms. The Hall–Kier alpha value is 0.600. The summed E-state index contributed by atoms with van der Waals surface area (Å²) in [5.74, 6) is 0. The number of aliphatic hydroxyl groups excluding tert-OH is 3. The molecule has 0 aliphatic carbocycles. The van der Waals surface area contributed by atoms with Gasteiger partial charge in [0, 0.05) is 25.2 Å². The van der Waals surface area contributed by atoms with Gasteiger partial charge in [0.1, 0.15) is 23.0 Å². The monoisotopic (exact) mass is 1470 g/mol. The molecule has 0 aromatic carbocycles. The van der Waals surface area contributed by atoms with Gasteiger partial charge in [0.15, 0.2) is 0 Å². The third-order valence-corrected chi connectivity index (χ3v) is 16.7. The van der Waals surface area contributed by atoms with E-state index in [1.54, 1.807) is 0 Å². The summed E-state index contributed by atoms with van der Waals surface area (Å²) in [4.78, 5) is 50.4. The molecule has 8 unspecified atom stereocenters. The molecule has 0 aliphatic rings. The molecule has 37 nitrogen and oxygen atoms in total. The molecule has 0 amide bonds. The van der Waals surface area contributed by atoms with Crippen LogP contribution in [0.15, 0.2) is 0 Å². The van der Waals surface area contributed by atoms with Crippen LogP contribution in [0.5, 0.6) is 0 Å². The Bertz CT molecular complexity index is 1700. The fraction of sp³-hybridized carbons (Fsp3) is 1.00. The van der Waals surface area contributed by atoms with Crippen LogP contribution in [0.2, 0.25) is 0 Å². The van der Waals surface area contributed by atoms with E-state index >= 15 is 0 Å². The fourth-order valence-electron chi connectivity index (χ4n) is 6.15. The summed E-state index contributed by atoms with van der Waals surface area (Å²) in [5, 5.41) is 28.7. The van der Waals surface area contributed by atoms with Crippen LogP contribution >= 0.6 is 62.1 Å². The third kappa shape index (κ3) is 52.8. The van der Waals surface area contributed by atoms with E-state index in [0.29, 0.717) is 0 Å². The van der Waals surface area contributed by atoms with Gasteiger partial charge in [-0.05, 0) is 44.9 Å². The van der Waals surface area contributed by atoms with Crippen LogP contribution in [0.3, 0.4) is 0 Å². The van der Waals surface area contributed by atoms with E-state index in [1.165, 1.54) is 23.0 Å². The zero-order chi connectivity index (χ0) is 63.5. The molecule has 0 heterocycles. The molecule has 14 N–H and O–H groups in total. The zero-order valence-corrected chi connectivity index (χ0v) is 54.3. The predicted octanol–water partition coefficient (Wildman–Crippen LogP) is 0.735. The van der Waals surface area contributed by atoms with Gasteiger partial charge < -0.3 is 109 Å². The van der Waals surface area contributed by atoms with Gasteiger partial charge in [0.25, 0.3) is 0 Å². The SMILES string of the molecule is NCOCCC(CO)OP(=O)(O)OCCCOCC(CCOP(=O)(O)OCCOCCOCCOCCOCCOCCOP(=O)(O)OI)(COCCCOP(=O)(O)OC(CO)CCOCN)COCCCOP(=O)(O)OC(CO)CCOCN. The number of hydrogen-bond acceptors (Lipinski definition) is 32. The summed E-state index contributed by atoms with van der Waals surface area (Å²) in [7, 11) is -22.7. The van der Waals surface area contributed by atoms with E-state index in [2.05, 4.69) is 7.38 Å². The molecule has 0 aromatic heterocycles. The minimum atomic E-state index is -4.72. The van der Waals surface area contributed by atoms with Crippen LogP contribution in [-0.4, -0.2) is 263 Å². The summed E-state index contributed by atoms with van der Waals surface area (Å²) in [6.07, 6.45) is -3.23. The molecule has 85 heavy (non-hydrogen) atoms. The van der Waals surface area contributed by atoms with Crippen molar-refractivity contribution in [3.05, 3.63) is 0 Å². The van der Waals surface area contributed by atoms with E-state index in [0.717, 1.165) is 0 Å². The van der Waals surface area contributed by atoms with Crippen molar-refractivity contribution in [3.8, 4) is 0 Å². The van der Waals surface area contributed by atoms with E-state index in [1.807, 2.05) is 0 Å². The van der Waals surface area contributed by atoms with Crippen molar-refractivity contribution in [1.29, 1.82) is 0 Å². The van der Waals surface area contributed by atoms with Gasteiger partial charge in [0.2, 0.25) is 0 Å². The fourth-order valence-corrected chi connectivity index (χ4v) is 10.4. The minimum Gasteiger partial charge on any atom is -0.394 e. The highest BCUT2D eigenvalue weighted by Gasteiger charge is 2.35. The largest absolute Gasteiger partial charge is 0.481 e. The number of phosphoric ester groups is 5. The van der Waals surface area contributed by atoms with E-state index in [4.69, 9.17) is 110 Å². The Morgan fingerprint density at radius 2 is 0.600 bits per heavy atom.